The number of amides is 5. The molecular weight excluding hydrogens is 666 g/mol. The van der Waals surface area contributed by atoms with Crippen LogP contribution in [0.25, 0.3) is 0 Å². The van der Waals surface area contributed by atoms with Gasteiger partial charge in [0.05, 0.1) is 12.7 Å². The first kappa shape index (κ1) is 40.9. The van der Waals surface area contributed by atoms with Gasteiger partial charge in [0.15, 0.2) is 12.2 Å². The minimum atomic E-state index is -1.87. The molecule has 1 saturated heterocycles. The Morgan fingerprint density at radius 2 is 1.48 bits per heavy atom. The van der Waals surface area contributed by atoms with E-state index in [2.05, 4.69) is 16.0 Å². The fourth-order valence-corrected chi connectivity index (χ4v) is 4.45. The molecule has 7 N–H and O–H groups in total. The van der Waals surface area contributed by atoms with Gasteiger partial charge < -0.3 is 45.5 Å². The Hall–Kier alpha value is -5.30. The predicted molar refractivity (Wildman–Crippen MR) is 168 cm³/mol. The molecule has 1 aromatic rings. The summed E-state index contributed by atoms with van der Waals surface area (Å²) in [5.41, 5.74) is 2.66. The van der Waals surface area contributed by atoms with Gasteiger partial charge in [-0.15, -0.1) is 0 Å². The topological polar surface area (TPSA) is 280 Å². The standard InChI is InChI=1S/C31H43N5O14/c1-5-48-30(46)25-24(50-25)29(45)36(14-22(40)41)35-28(44)23(17(4)37)34-26(42)19(11-12-21(38)39)32-27(43)20(13-16(2)3)33-31(47)49-15-18-9-7-6-8-10-18/h6-10,16-17,19-20,23-25,37H,5,11-15H2,1-4H3,(H,32,43)(H,33,47)(H,34,42)(H,35,44)(H,38,39)(H,40,41)/t17-,19?,20+,23+,24+,25+/m1/s1. The van der Waals surface area contributed by atoms with Gasteiger partial charge in [0.25, 0.3) is 11.8 Å². The van der Waals surface area contributed by atoms with E-state index in [0.29, 0.717) is 10.6 Å². The molecule has 2 rings (SSSR count). The molecule has 1 aromatic carbocycles. The van der Waals surface area contributed by atoms with E-state index in [-0.39, 0.29) is 25.6 Å². The van der Waals surface area contributed by atoms with E-state index < -0.39 is 103 Å². The van der Waals surface area contributed by atoms with Crippen LogP contribution in [-0.4, -0.2) is 118 Å². The van der Waals surface area contributed by atoms with Gasteiger partial charge in [-0.2, -0.15) is 0 Å². The first-order valence-corrected chi connectivity index (χ1v) is 15.7. The maximum Gasteiger partial charge on any atom is 0.408 e. The number of aliphatic hydroxyl groups is 1. The lowest BCUT2D eigenvalue weighted by atomic mass is 10.0. The van der Waals surface area contributed by atoms with Crippen LogP contribution >= 0.6 is 0 Å². The predicted octanol–water partition coefficient (Wildman–Crippen LogP) is -1.18. The summed E-state index contributed by atoms with van der Waals surface area (Å²) in [7, 11) is 0. The van der Waals surface area contributed by atoms with Gasteiger partial charge in [-0.25, -0.2) is 14.6 Å². The van der Waals surface area contributed by atoms with E-state index in [0.717, 1.165) is 6.92 Å². The average molecular weight is 710 g/mol. The fraction of sp³-hybridized carbons (Fsp3) is 0.548. The third-order valence-electron chi connectivity index (χ3n) is 6.93. The second kappa shape index (κ2) is 19.6. The van der Waals surface area contributed by atoms with E-state index in [1.165, 1.54) is 6.92 Å². The summed E-state index contributed by atoms with van der Waals surface area (Å²) in [6.45, 7) is 4.92. The van der Waals surface area contributed by atoms with Crippen LogP contribution < -0.4 is 21.4 Å². The lowest BCUT2D eigenvalue weighted by molar-refractivity contribution is -0.152. The Kier molecular flexibility index (Phi) is 16.1. The average Bonchev–Trinajstić information content (AvgIpc) is 3.84. The number of aliphatic hydroxyl groups excluding tert-OH is 1. The summed E-state index contributed by atoms with van der Waals surface area (Å²) in [6, 6.07) is 4.02. The molecule has 19 nitrogen and oxygen atoms in total. The van der Waals surface area contributed by atoms with Crippen molar-refractivity contribution in [2.75, 3.05) is 13.2 Å². The van der Waals surface area contributed by atoms with Crippen molar-refractivity contribution in [2.24, 2.45) is 5.92 Å². The maximum absolute atomic E-state index is 13.4. The van der Waals surface area contributed by atoms with Gasteiger partial charge in [0, 0.05) is 6.42 Å². The van der Waals surface area contributed by atoms with Crippen LogP contribution in [0.3, 0.4) is 0 Å². The Balaban J connectivity index is 2.18. The highest BCUT2D eigenvalue weighted by molar-refractivity contribution is 5.97. The minimum absolute atomic E-state index is 0.0188. The van der Waals surface area contributed by atoms with Crippen LogP contribution in [0, 0.1) is 5.92 Å². The van der Waals surface area contributed by atoms with Crippen molar-refractivity contribution in [3.63, 3.8) is 0 Å². The maximum atomic E-state index is 13.4. The minimum Gasteiger partial charge on any atom is -0.481 e. The molecule has 1 aliphatic rings. The Labute approximate surface area is 286 Å². The number of benzene rings is 1. The van der Waals surface area contributed by atoms with Gasteiger partial charge >= 0.3 is 24.0 Å². The molecule has 5 amide bonds. The SMILES string of the molecule is CCOC(=O)[C@H]1O[C@@H]1C(=O)N(CC(=O)O)NC(=O)[C@@H](NC(=O)C(CCC(=O)O)NC(=O)[C@H](CC(C)C)NC(=O)OCc1ccccc1)[C@@H](C)O. The van der Waals surface area contributed by atoms with Gasteiger partial charge in [0.1, 0.15) is 31.3 Å². The largest absolute Gasteiger partial charge is 0.481 e. The number of epoxide rings is 1. The molecule has 1 heterocycles. The molecule has 0 radical (unpaired) electrons. The molecule has 1 fully saturated rings. The lowest BCUT2D eigenvalue weighted by Crippen LogP contribution is -2.61. The third-order valence-corrected chi connectivity index (χ3v) is 6.93. The van der Waals surface area contributed by atoms with Crippen molar-refractivity contribution in [2.45, 2.75) is 90.0 Å². The Bertz CT molecular complexity index is 1390. The Morgan fingerprint density at radius 1 is 0.840 bits per heavy atom. The quantitative estimate of drug-likeness (QED) is 0.0506. The Morgan fingerprint density at radius 3 is 2.04 bits per heavy atom. The molecule has 0 saturated carbocycles. The number of alkyl carbamates (subject to hydrolysis) is 1. The smallest absolute Gasteiger partial charge is 0.408 e. The number of rotatable bonds is 19. The molecule has 0 spiro atoms. The highest BCUT2D eigenvalue weighted by atomic mass is 16.6. The molecule has 50 heavy (non-hydrogen) atoms. The molecular formula is C31H43N5O14. The summed E-state index contributed by atoms with van der Waals surface area (Å²) in [4.78, 5) is 99.9. The fourth-order valence-electron chi connectivity index (χ4n) is 4.45. The van der Waals surface area contributed by atoms with Crippen molar-refractivity contribution in [3.8, 4) is 0 Å². The summed E-state index contributed by atoms with van der Waals surface area (Å²) >= 11 is 0. The van der Waals surface area contributed by atoms with E-state index in [1.807, 2.05) is 5.43 Å². The number of aliphatic carboxylic acids is 2. The van der Waals surface area contributed by atoms with Crippen molar-refractivity contribution < 1.29 is 67.9 Å². The monoisotopic (exact) mass is 709 g/mol. The summed E-state index contributed by atoms with van der Waals surface area (Å²) in [6.07, 6.45) is -6.41. The number of carboxylic acid groups (broad SMARTS) is 2. The lowest BCUT2D eigenvalue weighted by Gasteiger charge is -2.28. The summed E-state index contributed by atoms with van der Waals surface area (Å²) in [5.74, 6) is -8.33. The second-order valence-corrected chi connectivity index (χ2v) is 11.6. The number of nitrogens with one attached hydrogen (secondary N) is 4. The van der Waals surface area contributed by atoms with Crippen LogP contribution in [0.1, 0.15) is 52.5 Å². The zero-order valence-corrected chi connectivity index (χ0v) is 28.0. The number of carbonyl (C=O) groups excluding carboxylic acids is 6. The van der Waals surface area contributed by atoms with Crippen molar-refractivity contribution in [3.05, 3.63) is 35.9 Å². The number of hydrogen-bond acceptors (Lipinski definition) is 12. The molecule has 276 valence electrons. The number of ether oxygens (including phenoxy) is 3. The van der Waals surface area contributed by atoms with Crippen LogP contribution in [0.2, 0.25) is 0 Å². The second-order valence-electron chi connectivity index (χ2n) is 11.6. The summed E-state index contributed by atoms with van der Waals surface area (Å²) in [5, 5.41) is 36.2. The van der Waals surface area contributed by atoms with E-state index in [1.54, 1.807) is 44.2 Å². The number of nitrogens with zero attached hydrogens (tertiary/aromatic N) is 1. The van der Waals surface area contributed by atoms with E-state index >= 15 is 0 Å². The molecule has 1 unspecified atom stereocenters. The van der Waals surface area contributed by atoms with Gasteiger partial charge in [0.2, 0.25) is 11.8 Å². The number of esters is 1. The summed E-state index contributed by atoms with van der Waals surface area (Å²) < 4.78 is 14.9. The van der Waals surface area contributed by atoms with Crippen LogP contribution in [0.4, 0.5) is 4.79 Å². The number of hydrogen-bond donors (Lipinski definition) is 7. The van der Waals surface area contributed by atoms with Gasteiger partial charge in [-0.3, -0.25) is 34.2 Å². The first-order chi connectivity index (χ1) is 23.5. The van der Waals surface area contributed by atoms with Gasteiger partial charge in [-0.05, 0) is 38.2 Å². The molecule has 1 aliphatic heterocycles. The zero-order chi connectivity index (χ0) is 37.5. The van der Waals surface area contributed by atoms with Crippen molar-refractivity contribution in [1.29, 1.82) is 0 Å². The normalized spacial score (nSPS) is 17.2. The number of carboxylic acids is 2. The van der Waals surface area contributed by atoms with Crippen molar-refractivity contribution >= 4 is 47.6 Å². The van der Waals surface area contributed by atoms with Gasteiger partial charge in [-0.1, -0.05) is 44.2 Å². The number of hydrazine groups is 1. The zero-order valence-electron chi connectivity index (χ0n) is 28.0. The third kappa shape index (κ3) is 13.7. The van der Waals surface area contributed by atoms with E-state index in [9.17, 15) is 53.7 Å². The highest BCUT2D eigenvalue weighted by Gasteiger charge is 2.53. The number of carbonyl (C=O) groups is 8. The highest BCUT2D eigenvalue weighted by Crippen LogP contribution is 2.25. The molecule has 0 bridgehead atoms. The van der Waals surface area contributed by atoms with Crippen LogP contribution in [-0.2, 0) is 54.4 Å². The molecule has 0 aromatic heterocycles. The van der Waals surface area contributed by atoms with Crippen LogP contribution in [0.15, 0.2) is 30.3 Å². The van der Waals surface area contributed by atoms with E-state index in [4.69, 9.17) is 14.2 Å². The molecule has 0 aliphatic carbocycles. The molecule has 19 heteroatoms. The molecule has 6 atom stereocenters. The first-order valence-electron chi connectivity index (χ1n) is 15.7. The van der Waals surface area contributed by atoms with Crippen molar-refractivity contribution in [1.82, 2.24) is 26.4 Å². The van der Waals surface area contributed by atoms with Crippen LogP contribution in [0.5, 0.6) is 0 Å².